The predicted molar refractivity (Wildman–Crippen MR) is 162 cm³/mol. The third-order valence-corrected chi connectivity index (χ3v) is 7.79. The Morgan fingerprint density at radius 2 is 1.18 bits per heavy atom. The lowest BCUT2D eigenvalue weighted by molar-refractivity contribution is 0.395. The highest BCUT2D eigenvalue weighted by Gasteiger charge is 2.41. The Bertz CT molecular complexity index is 1610. The van der Waals surface area contributed by atoms with E-state index >= 15 is 0 Å². The van der Waals surface area contributed by atoms with Crippen LogP contribution in [0.1, 0.15) is 22.3 Å². The molecule has 1 heterocycles. The highest BCUT2D eigenvalue weighted by Crippen LogP contribution is 2.43. The van der Waals surface area contributed by atoms with Crippen LogP contribution in [0.3, 0.4) is 0 Å². The van der Waals surface area contributed by atoms with Crippen molar-refractivity contribution in [2.24, 2.45) is 0 Å². The van der Waals surface area contributed by atoms with E-state index in [0.29, 0.717) is 11.2 Å². The van der Waals surface area contributed by atoms with Crippen molar-refractivity contribution in [3.63, 3.8) is 0 Å². The van der Waals surface area contributed by atoms with Crippen molar-refractivity contribution in [2.45, 2.75) is 10.9 Å². The number of nitrogens with zero attached hydrogens (tertiary/aromatic N) is 4. The molecule has 0 saturated heterocycles. The van der Waals surface area contributed by atoms with Crippen LogP contribution in [0.25, 0.3) is 22.5 Å². The maximum Gasteiger partial charge on any atom is 0.209 e. The number of hydrogen-bond acceptors (Lipinski definition) is 4. The van der Waals surface area contributed by atoms with E-state index in [-0.39, 0.29) is 0 Å². The molecular formula is C34H27BrN4O. The van der Waals surface area contributed by atoms with E-state index < -0.39 is 5.54 Å². The van der Waals surface area contributed by atoms with E-state index in [0.717, 1.165) is 44.7 Å². The van der Waals surface area contributed by atoms with E-state index in [4.69, 9.17) is 20.1 Å². The van der Waals surface area contributed by atoms with Crippen LogP contribution in [-0.2, 0) is 10.9 Å². The second-order valence-corrected chi connectivity index (χ2v) is 9.95. The van der Waals surface area contributed by atoms with E-state index in [1.807, 2.05) is 72.8 Å². The summed E-state index contributed by atoms with van der Waals surface area (Å²) in [5, 5.41) is 15.2. The Balaban J connectivity index is 1.66. The Hall–Kier alpha value is -4.55. The Kier molecular flexibility index (Phi) is 7.25. The van der Waals surface area contributed by atoms with Gasteiger partial charge in [-0.15, -0.1) is 15.0 Å². The molecule has 40 heavy (non-hydrogen) atoms. The van der Waals surface area contributed by atoms with Gasteiger partial charge in [-0.3, -0.25) is 0 Å². The summed E-state index contributed by atoms with van der Waals surface area (Å²) in [5.41, 5.74) is 6.07. The van der Waals surface area contributed by atoms with Gasteiger partial charge in [-0.05, 0) is 33.0 Å². The van der Waals surface area contributed by atoms with Crippen LogP contribution in [0, 0.1) is 0 Å². The topological polar surface area (TPSA) is 52.8 Å². The molecule has 0 amide bonds. The van der Waals surface area contributed by atoms with Gasteiger partial charge >= 0.3 is 0 Å². The molecule has 5 nitrogen and oxygen atoms in total. The van der Waals surface area contributed by atoms with Crippen molar-refractivity contribution in [2.75, 3.05) is 7.11 Å². The zero-order valence-corrected chi connectivity index (χ0v) is 23.6. The van der Waals surface area contributed by atoms with Crippen molar-refractivity contribution in [1.82, 2.24) is 20.2 Å². The Morgan fingerprint density at radius 1 is 0.675 bits per heavy atom. The lowest BCUT2D eigenvalue weighted by atomic mass is 9.77. The molecular weight excluding hydrogens is 560 g/mol. The summed E-state index contributed by atoms with van der Waals surface area (Å²) in [6, 6.07) is 45.4. The molecule has 6 rings (SSSR count). The van der Waals surface area contributed by atoms with Gasteiger partial charge in [0.25, 0.3) is 0 Å². The number of methoxy groups -OCH3 is 1. The van der Waals surface area contributed by atoms with Crippen LogP contribution in [0.15, 0.2) is 133 Å². The van der Waals surface area contributed by atoms with E-state index in [9.17, 15) is 0 Å². The molecule has 0 saturated carbocycles. The van der Waals surface area contributed by atoms with Gasteiger partial charge in [0.2, 0.25) is 5.82 Å². The SMILES string of the molecule is COc1c(CBr)ccc(-c2ccccc2)c1-c1nnn(C(c2ccccc2)(c2ccccc2)c2ccccc2)n1. The third-order valence-electron chi connectivity index (χ3n) is 7.18. The molecule has 0 fully saturated rings. The normalized spacial score (nSPS) is 11.3. The molecule has 0 radical (unpaired) electrons. The summed E-state index contributed by atoms with van der Waals surface area (Å²) >= 11 is 3.62. The van der Waals surface area contributed by atoms with Crippen molar-refractivity contribution < 1.29 is 4.74 Å². The second-order valence-electron chi connectivity index (χ2n) is 9.39. The number of tetrazole rings is 1. The third kappa shape index (κ3) is 4.40. The number of aromatic nitrogens is 4. The van der Waals surface area contributed by atoms with Crippen molar-refractivity contribution in [1.29, 1.82) is 0 Å². The van der Waals surface area contributed by atoms with Gasteiger partial charge in [-0.1, -0.05) is 149 Å². The summed E-state index contributed by atoms with van der Waals surface area (Å²) in [4.78, 5) is 1.75. The van der Waals surface area contributed by atoms with Gasteiger partial charge in [0.15, 0.2) is 5.54 Å². The van der Waals surface area contributed by atoms with Crippen LogP contribution >= 0.6 is 15.9 Å². The summed E-state index contributed by atoms with van der Waals surface area (Å²) in [6.07, 6.45) is 0. The molecule has 5 aromatic carbocycles. The molecule has 0 bridgehead atoms. The first-order valence-corrected chi connectivity index (χ1v) is 14.2. The van der Waals surface area contributed by atoms with Crippen LogP contribution in [0.2, 0.25) is 0 Å². The highest BCUT2D eigenvalue weighted by atomic mass is 79.9. The number of ether oxygens (including phenoxy) is 1. The smallest absolute Gasteiger partial charge is 0.209 e. The molecule has 0 atom stereocenters. The lowest BCUT2D eigenvalue weighted by Crippen LogP contribution is -2.39. The molecule has 0 aliphatic carbocycles. The summed E-state index contributed by atoms with van der Waals surface area (Å²) in [6.45, 7) is 0. The van der Waals surface area contributed by atoms with Gasteiger partial charge in [-0.25, -0.2) is 0 Å². The number of alkyl halides is 1. The standard InChI is InChI=1S/C34H27BrN4O/c1-40-32-26(24-35)22-23-30(25-14-6-2-7-15-25)31(32)33-36-38-39(37-33)34(27-16-8-3-9-17-27,28-18-10-4-11-19-28)29-20-12-5-13-21-29/h2-23H,24H2,1H3. The Labute approximate surface area is 242 Å². The molecule has 0 spiro atoms. The van der Waals surface area contributed by atoms with Crippen LogP contribution in [0.5, 0.6) is 5.75 Å². The average molecular weight is 588 g/mol. The molecule has 6 heteroatoms. The number of rotatable bonds is 8. The van der Waals surface area contributed by atoms with Crippen LogP contribution < -0.4 is 4.74 Å². The van der Waals surface area contributed by atoms with Crippen LogP contribution in [0.4, 0.5) is 0 Å². The fourth-order valence-corrected chi connectivity index (χ4v) is 5.83. The number of halogens is 1. The molecule has 0 N–H and O–H groups in total. The minimum atomic E-state index is -0.859. The molecule has 1 aromatic heterocycles. The van der Waals surface area contributed by atoms with Crippen molar-refractivity contribution in [3.8, 4) is 28.3 Å². The minimum absolute atomic E-state index is 0.491. The molecule has 0 aliphatic heterocycles. The maximum absolute atomic E-state index is 5.99. The first-order valence-electron chi connectivity index (χ1n) is 13.1. The first-order chi connectivity index (χ1) is 19.8. The number of hydrogen-bond donors (Lipinski definition) is 0. The summed E-state index contributed by atoms with van der Waals surface area (Å²) in [5.74, 6) is 1.22. The minimum Gasteiger partial charge on any atom is -0.496 e. The zero-order chi connectivity index (χ0) is 27.4. The quantitative estimate of drug-likeness (QED) is 0.135. The maximum atomic E-state index is 5.99. The van der Waals surface area contributed by atoms with Crippen molar-refractivity contribution in [3.05, 3.63) is 156 Å². The lowest BCUT2D eigenvalue weighted by Gasteiger charge is -2.34. The monoisotopic (exact) mass is 586 g/mol. The van der Waals surface area contributed by atoms with E-state index in [1.54, 1.807) is 11.9 Å². The molecule has 0 unspecified atom stereocenters. The van der Waals surface area contributed by atoms with Crippen LogP contribution in [-0.4, -0.2) is 27.3 Å². The predicted octanol–water partition coefficient (Wildman–Crippen LogP) is 7.75. The van der Waals surface area contributed by atoms with Gasteiger partial charge in [0, 0.05) is 10.9 Å². The van der Waals surface area contributed by atoms with Gasteiger partial charge in [0.05, 0.1) is 12.7 Å². The zero-order valence-electron chi connectivity index (χ0n) is 22.0. The Morgan fingerprint density at radius 3 is 1.65 bits per heavy atom. The second kappa shape index (κ2) is 11.3. The van der Waals surface area contributed by atoms with Gasteiger partial charge in [0.1, 0.15) is 5.75 Å². The number of benzene rings is 5. The summed E-state index contributed by atoms with van der Waals surface area (Å²) < 4.78 is 5.99. The fraction of sp³-hybridized carbons (Fsp3) is 0.0882. The summed E-state index contributed by atoms with van der Waals surface area (Å²) in [7, 11) is 1.69. The van der Waals surface area contributed by atoms with Crippen molar-refractivity contribution >= 4 is 15.9 Å². The van der Waals surface area contributed by atoms with E-state index in [2.05, 4.69) is 76.6 Å². The van der Waals surface area contributed by atoms with E-state index in [1.165, 1.54) is 0 Å². The molecule has 0 aliphatic rings. The molecule has 6 aromatic rings. The van der Waals surface area contributed by atoms with Gasteiger partial charge in [-0.2, -0.15) is 0 Å². The van der Waals surface area contributed by atoms with Gasteiger partial charge < -0.3 is 4.74 Å². The fourth-order valence-electron chi connectivity index (χ4n) is 5.39. The first kappa shape index (κ1) is 25.7. The molecule has 196 valence electrons. The highest BCUT2D eigenvalue weighted by molar-refractivity contribution is 9.08. The largest absolute Gasteiger partial charge is 0.496 e. The average Bonchev–Trinajstić information content (AvgIpc) is 3.53.